The van der Waals surface area contributed by atoms with Crippen LogP contribution in [0.5, 0.6) is 11.6 Å². The van der Waals surface area contributed by atoms with Gasteiger partial charge in [-0.1, -0.05) is 0 Å². The second kappa shape index (κ2) is 5.14. The lowest BCUT2D eigenvalue weighted by molar-refractivity contribution is 0.456. The number of nitrogens with two attached hydrogens (primary N) is 1. The van der Waals surface area contributed by atoms with Gasteiger partial charge in [-0.2, -0.15) is 0 Å². The molecule has 0 bridgehead atoms. The third-order valence-electron chi connectivity index (χ3n) is 2.64. The maximum absolute atomic E-state index is 13.0. The standard InChI is InChI=1S/C14H15FN2O/c1-9-7-12(15)3-4-13(9)18-14-8-11(10(2)16)5-6-17-14/h3-8,10H,16H2,1-2H3. The molecule has 0 aliphatic carbocycles. The van der Waals surface area contributed by atoms with Crippen LogP contribution in [0, 0.1) is 12.7 Å². The maximum Gasteiger partial charge on any atom is 0.219 e. The lowest BCUT2D eigenvalue weighted by Crippen LogP contribution is -2.05. The van der Waals surface area contributed by atoms with E-state index in [1.807, 2.05) is 13.0 Å². The third-order valence-corrected chi connectivity index (χ3v) is 2.64. The topological polar surface area (TPSA) is 48.1 Å². The number of hydrogen-bond donors (Lipinski definition) is 1. The first-order chi connectivity index (χ1) is 8.56. The molecule has 3 nitrogen and oxygen atoms in total. The van der Waals surface area contributed by atoms with Crippen molar-refractivity contribution >= 4 is 0 Å². The number of rotatable bonds is 3. The molecule has 0 fully saturated rings. The van der Waals surface area contributed by atoms with E-state index >= 15 is 0 Å². The highest BCUT2D eigenvalue weighted by Gasteiger charge is 2.06. The Hall–Kier alpha value is -1.94. The van der Waals surface area contributed by atoms with Gasteiger partial charge in [0.25, 0.3) is 0 Å². The summed E-state index contributed by atoms with van der Waals surface area (Å²) in [6, 6.07) is 7.92. The van der Waals surface area contributed by atoms with Crippen LogP contribution in [0.4, 0.5) is 4.39 Å². The zero-order chi connectivity index (χ0) is 13.1. The number of hydrogen-bond acceptors (Lipinski definition) is 3. The van der Waals surface area contributed by atoms with Gasteiger partial charge in [0.1, 0.15) is 11.6 Å². The fourth-order valence-corrected chi connectivity index (χ4v) is 1.60. The quantitative estimate of drug-likeness (QED) is 0.903. The van der Waals surface area contributed by atoms with Crippen molar-refractivity contribution in [3.05, 3.63) is 53.5 Å². The zero-order valence-electron chi connectivity index (χ0n) is 10.4. The Kier molecular flexibility index (Phi) is 3.58. The van der Waals surface area contributed by atoms with E-state index in [1.165, 1.54) is 12.1 Å². The average molecular weight is 246 g/mol. The fourth-order valence-electron chi connectivity index (χ4n) is 1.60. The molecule has 4 heteroatoms. The first kappa shape index (κ1) is 12.5. The molecule has 1 atom stereocenters. The molecule has 0 aliphatic rings. The van der Waals surface area contributed by atoms with E-state index in [-0.39, 0.29) is 11.9 Å². The fraction of sp³-hybridized carbons (Fsp3) is 0.214. The van der Waals surface area contributed by atoms with Crippen molar-refractivity contribution in [3.8, 4) is 11.6 Å². The van der Waals surface area contributed by atoms with Crippen LogP contribution >= 0.6 is 0 Å². The van der Waals surface area contributed by atoms with Gasteiger partial charge >= 0.3 is 0 Å². The number of aryl methyl sites for hydroxylation is 1. The molecule has 18 heavy (non-hydrogen) atoms. The van der Waals surface area contributed by atoms with Crippen molar-refractivity contribution in [3.63, 3.8) is 0 Å². The Morgan fingerprint density at radius 3 is 2.72 bits per heavy atom. The molecule has 0 radical (unpaired) electrons. The van der Waals surface area contributed by atoms with Crippen molar-refractivity contribution in [1.82, 2.24) is 4.98 Å². The summed E-state index contributed by atoms with van der Waals surface area (Å²) in [7, 11) is 0. The summed E-state index contributed by atoms with van der Waals surface area (Å²) in [6.45, 7) is 3.68. The largest absolute Gasteiger partial charge is 0.439 e. The Morgan fingerprint density at radius 2 is 2.06 bits per heavy atom. The summed E-state index contributed by atoms with van der Waals surface area (Å²) in [4.78, 5) is 4.11. The van der Waals surface area contributed by atoms with Crippen molar-refractivity contribution in [2.45, 2.75) is 19.9 Å². The van der Waals surface area contributed by atoms with Crippen molar-refractivity contribution in [2.75, 3.05) is 0 Å². The summed E-state index contributed by atoms with van der Waals surface area (Å²) in [5.74, 6) is 0.766. The predicted molar refractivity (Wildman–Crippen MR) is 68.1 cm³/mol. The van der Waals surface area contributed by atoms with Gasteiger partial charge in [0.2, 0.25) is 5.88 Å². The molecular formula is C14H15FN2O. The maximum atomic E-state index is 13.0. The normalized spacial score (nSPS) is 12.2. The van der Waals surface area contributed by atoms with Crippen LogP contribution in [0.15, 0.2) is 36.5 Å². The number of pyridine rings is 1. The SMILES string of the molecule is Cc1cc(F)ccc1Oc1cc(C(C)N)ccn1. The molecule has 94 valence electrons. The molecule has 0 spiro atoms. The van der Waals surface area contributed by atoms with Crippen molar-refractivity contribution in [1.29, 1.82) is 0 Å². The van der Waals surface area contributed by atoms with Crippen LogP contribution in [0.25, 0.3) is 0 Å². The summed E-state index contributed by atoms with van der Waals surface area (Å²) in [5.41, 5.74) is 7.46. The smallest absolute Gasteiger partial charge is 0.219 e. The molecule has 0 aliphatic heterocycles. The lowest BCUT2D eigenvalue weighted by Gasteiger charge is -2.10. The number of aromatic nitrogens is 1. The van der Waals surface area contributed by atoms with Gasteiger partial charge in [-0.15, -0.1) is 0 Å². The molecule has 0 saturated heterocycles. The molecule has 0 amide bonds. The van der Waals surface area contributed by atoms with Gasteiger partial charge < -0.3 is 10.5 Å². The summed E-state index contributed by atoms with van der Waals surface area (Å²) in [6.07, 6.45) is 1.65. The van der Waals surface area contributed by atoms with Gasteiger partial charge in [-0.25, -0.2) is 9.37 Å². The summed E-state index contributed by atoms with van der Waals surface area (Å²) in [5, 5.41) is 0. The van der Waals surface area contributed by atoms with E-state index in [9.17, 15) is 4.39 Å². The monoisotopic (exact) mass is 246 g/mol. The highest BCUT2D eigenvalue weighted by molar-refractivity contribution is 5.36. The Labute approximate surface area is 105 Å². The van der Waals surface area contributed by atoms with Crippen LogP contribution in [0.2, 0.25) is 0 Å². The molecule has 2 N–H and O–H groups in total. The number of halogens is 1. The van der Waals surface area contributed by atoms with Gasteiger partial charge in [-0.05, 0) is 49.2 Å². The van der Waals surface area contributed by atoms with Crippen LogP contribution in [-0.4, -0.2) is 4.98 Å². The van der Waals surface area contributed by atoms with Gasteiger partial charge in [-0.3, -0.25) is 0 Å². The van der Waals surface area contributed by atoms with Crippen molar-refractivity contribution in [2.24, 2.45) is 5.73 Å². The summed E-state index contributed by atoms with van der Waals surface area (Å²) < 4.78 is 18.6. The predicted octanol–water partition coefficient (Wildman–Crippen LogP) is 3.34. The highest BCUT2D eigenvalue weighted by atomic mass is 19.1. The molecular weight excluding hydrogens is 231 g/mol. The Bertz CT molecular complexity index is 555. The molecule has 0 saturated carbocycles. The Balaban J connectivity index is 2.25. The van der Waals surface area contributed by atoms with Gasteiger partial charge in [0.15, 0.2) is 0 Å². The van der Waals surface area contributed by atoms with Crippen LogP contribution in [-0.2, 0) is 0 Å². The minimum atomic E-state index is -0.280. The van der Waals surface area contributed by atoms with Gasteiger partial charge in [0.05, 0.1) is 0 Å². The molecule has 2 aromatic rings. The molecule has 1 aromatic heterocycles. The minimum Gasteiger partial charge on any atom is -0.439 e. The van der Waals surface area contributed by atoms with E-state index in [0.717, 1.165) is 11.1 Å². The molecule has 1 unspecified atom stereocenters. The van der Waals surface area contributed by atoms with Crippen LogP contribution < -0.4 is 10.5 Å². The summed E-state index contributed by atoms with van der Waals surface area (Å²) >= 11 is 0. The minimum absolute atomic E-state index is 0.0790. The van der Waals surface area contributed by atoms with Crippen LogP contribution in [0.3, 0.4) is 0 Å². The van der Waals surface area contributed by atoms with E-state index in [2.05, 4.69) is 4.98 Å². The lowest BCUT2D eigenvalue weighted by atomic mass is 10.1. The average Bonchev–Trinajstić information content (AvgIpc) is 2.33. The third kappa shape index (κ3) is 2.84. The van der Waals surface area contributed by atoms with Crippen LogP contribution in [0.1, 0.15) is 24.1 Å². The first-order valence-electron chi connectivity index (χ1n) is 5.72. The molecule has 2 rings (SSSR count). The van der Waals surface area contributed by atoms with Gasteiger partial charge in [0, 0.05) is 18.3 Å². The molecule has 1 heterocycles. The second-order valence-corrected chi connectivity index (χ2v) is 4.23. The second-order valence-electron chi connectivity index (χ2n) is 4.23. The molecule has 1 aromatic carbocycles. The van der Waals surface area contributed by atoms with E-state index in [4.69, 9.17) is 10.5 Å². The number of nitrogens with zero attached hydrogens (tertiary/aromatic N) is 1. The highest BCUT2D eigenvalue weighted by Crippen LogP contribution is 2.25. The van der Waals surface area contributed by atoms with E-state index in [1.54, 1.807) is 25.3 Å². The number of benzene rings is 1. The first-order valence-corrected chi connectivity index (χ1v) is 5.72. The zero-order valence-corrected chi connectivity index (χ0v) is 10.4. The number of ether oxygens (including phenoxy) is 1. The van der Waals surface area contributed by atoms with E-state index < -0.39 is 0 Å². The Morgan fingerprint density at radius 1 is 1.28 bits per heavy atom. The van der Waals surface area contributed by atoms with Crippen molar-refractivity contribution < 1.29 is 9.13 Å². The van der Waals surface area contributed by atoms with E-state index in [0.29, 0.717) is 11.6 Å².